The van der Waals surface area contributed by atoms with Crippen molar-refractivity contribution in [2.75, 3.05) is 34.8 Å². The lowest BCUT2D eigenvalue weighted by Gasteiger charge is -2.14. The summed E-state index contributed by atoms with van der Waals surface area (Å²) >= 11 is 0. The molecule has 0 bridgehead atoms. The molecular weight excluding hydrogens is 479 g/mol. The summed E-state index contributed by atoms with van der Waals surface area (Å²) in [5.41, 5.74) is 4.06. The van der Waals surface area contributed by atoms with Crippen molar-refractivity contribution in [2.45, 2.75) is 19.9 Å². The summed E-state index contributed by atoms with van der Waals surface area (Å²) in [6.07, 6.45) is 0.799. The van der Waals surface area contributed by atoms with Gasteiger partial charge in [0.25, 0.3) is 5.91 Å². The summed E-state index contributed by atoms with van der Waals surface area (Å²) in [4.78, 5) is 17.9. The molecule has 0 spiro atoms. The predicted octanol–water partition coefficient (Wildman–Crippen LogP) is 3.23. The first-order chi connectivity index (χ1) is 13.4. The molecular formula is C22H31IN4O2. The van der Waals surface area contributed by atoms with Gasteiger partial charge in [0.05, 0.1) is 7.11 Å². The monoisotopic (exact) mass is 510 g/mol. The number of aliphatic imine (C=N–C) groups is 1. The fraction of sp³-hybridized carbons (Fsp3) is 0.364. The van der Waals surface area contributed by atoms with Crippen LogP contribution in [0.5, 0.6) is 5.75 Å². The number of nitrogens with zero attached hydrogens (tertiary/aromatic N) is 2. The summed E-state index contributed by atoms with van der Waals surface area (Å²) < 4.78 is 5.37. The second-order valence-corrected chi connectivity index (χ2v) is 6.81. The van der Waals surface area contributed by atoms with Gasteiger partial charge < -0.3 is 20.3 Å². The number of benzene rings is 2. The Hall–Kier alpha value is -2.29. The van der Waals surface area contributed by atoms with E-state index in [4.69, 9.17) is 4.74 Å². The maximum absolute atomic E-state index is 12.1. The van der Waals surface area contributed by atoms with Crippen LogP contribution in [0.1, 0.15) is 27.0 Å². The molecule has 0 saturated carbocycles. The molecule has 2 aromatic carbocycles. The Morgan fingerprint density at radius 2 is 1.86 bits per heavy atom. The summed E-state index contributed by atoms with van der Waals surface area (Å²) in [7, 11) is 6.95. The molecule has 0 aliphatic rings. The molecule has 0 unspecified atom stereocenters. The van der Waals surface area contributed by atoms with Crippen molar-refractivity contribution >= 4 is 35.8 Å². The Labute approximate surface area is 190 Å². The van der Waals surface area contributed by atoms with E-state index in [0.29, 0.717) is 12.1 Å². The minimum atomic E-state index is 0. The summed E-state index contributed by atoms with van der Waals surface area (Å²) in [5.74, 6) is 1.63. The van der Waals surface area contributed by atoms with Crippen molar-refractivity contribution in [1.82, 2.24) is 15.5 Å². The highest BCUT2D eigenvalue weighted by molar-refractivity contribution is 14.0. The maximum atomic E-state index is 12.1. The number of hydrogen-bond donors (Lipinski definition) is 2. The lowest BCUT2D eigenvalue weighted by Crippen LogP contribution is -2.37. The van der Waals surface area contributed by atoms with Crippen molar-refractivity contribution in [3.63, 3.8) is 0 Å². The largest absolute Gasteiger partial charge is 0.496 e. The quantitative estimate of drug-likeness (QED) is 0.341. The normalized spacial score (nSPS) is 10.7. The van der Waals surface area contributed by atoms with E-state index in [1.165, 1.54) is 0 Å². The highest BCUT2D eigenvalue weighted by Crippen LogP contribution is 2.18. The number of halogens is 1. The number of nitrogens with one attached hydrogen (secondary N) is 2. The molecule has 2 N–H and O–H groups in total. The number of amides is 1. The number of carbonyl (C=O) groups excluding carboxylic acids is 1. The molecule has 0 radical (unpaired) electrons. The van der Waals surface area contributed by atoms with Crippen molar-refractivity contribution in [2.24, 2.45) is 4.99 Å². The summed E-state index contributed by atoms with van der Waals surface area (Å²) in [6, 6.07) is 13.9. The van der Waals surface area contributed by atoms with Gasteiger partial charge in [-0.05, 0) is 48.2 Å². The lowest BCUT2D eigenvalue weighted by molar-refractivity contribution is 0.0827. The van der Waals surface area contributed by atoms with Crippen molar-refractivity contribution in [1.29, 1.82) is 0 Å². The number of ether oxygens (including phenoxy) is 1. The van der Waals surface area contributed by atoms with E-state index >= 15 is 0 Å². The van der Waals surface area contributed by atoms with Gasteiger partial charge in [-0.15, -0.1) is 24.0 Å². The molecule has 7 heteroatoms. The van der Waals surface area contributed by atoms with Gasteiger partial charge in [0.2, 0.25) is 0 Å². The van der Waals surface area contributed by atoms with Crippen LogP contribution in [0.4, 0.5) is 0 Å². The zero-order valence-electron chi connectivity index (χ0n) is 17.8. The van der Waals surface area contributed by atoms with Gasteiger partial charge in [-0.3, -0.25) is 9.79 Å². The van der Waals surface area contributed by atoms with Crippen molar-refractivity contribution in [3.8, 4) is 5.75 Å². The Kier molecular flexibility index (Phi) is 10.5. The van der Waals surface area contributed by atoms with Gasteiger partial charge in [0, 0.05) is 39.8 Å². The topological polar surface area (TPSA) is 66.0 Å². The molecule has 0 heterocycles. The Bertz CT molecular complexity index is 837. The second-order valence-electron chi connectivity index (χ2n) is 6.81. The minimum absolute atomic E-state index is 0. The number of rotatable bonds is 7. The second kappa shape index (κ2) is 12.3. The van der Waals surface area contributed by atoms with Crippen molar-refractivity contribution in [3.05, 3.63) is 64.7 Å². The molecule has 1 amide bonds. The smallest absolute Gasteiger partial charge is 0.253 e. The molecule has 2 aromatic rings. The summed E-state index contributed by atoms with van der Waals surface area (Å²) in [5, 5.41) is 6.62. The molecule has 2 rings (SSSR count). The standard InChI is InChI=1S/C22H30N4O2.HI/c1-16-9-10-18(14-20(16)28-5)15-25-22(23-2)24-12-11-17-7-6-8-19(13-17)21(27)26(3)4;/h6-10,13-14H,11-12,15H2,1-5H3,(H2,23,24,25);1H. The molecule has 0 saturated heterocycles. The van der Waals surface area contributed by atoms with Crippen molar-refractivity contribution < 1.29 is 9.53 Å². The zero-order chi connectivity index (χ0) is 20.5. The number of guanidine groups is 1. The number of aryl methyl sites for hydroxylation is 1. The molecule has 29 heavy (non-hydrogen) atoms. The SMILES string of the molecule is CN=C(NCCc1cccc(C(=O)N(C)C)c1)NCc1ccc(C)c(OC)c1.I. The van der Waals surface area contributed by atoms with Crippen LogP contribution in [0.2, 0.25) is 0 Å². The van der Waals surface area contributed by atoms with Gasteiger partial charge in [0.1, 0.15) is 5.75 Å². The predicted molar refractivity (Wildman–Crippen MR) is 130 cm³/mol. The van der Waals surface area contributed by atoms with Crippen LogP contribution in [-0.2, 0) is 13.0 Å². The summed E-state index contributed by atoms with van der Waals surface area (Å²) in [6.45, 7) is 3.40. The van der Waals surface area contributed by atoms with Crippen LogP contribution in [0.3, 0.4) is 0 Å². The Morgan fingerprint density at radius 1 is 1.10 bits per heavy atom. The van der Waals surface area contributed by atoms with E-state index < -0.39 is 0 Å². The van der Waals surface area contributed by atoms with Gasteiger partial charge in [0.15, 0.2) is 5.96 Å². The average Bonchev–Trinajstić information content (AvgIpc) is 2.71. The molecule has 158 valence electrons. The van der Waals surface area contributed by atoms with Crippen LogP contribution in [0, 0.1) is 6.92 Å². The third-order valence-corrected chi connectivity index (χ3v) is 4.44. The van der Waals surface area contributed by atoms with E-state index in [2.05, 4.69) is 21.7 Å². The minimum Gasteiger partial charge on any atom is -0.496 e. The van der Waals surface area contributed by atoms with Crippen LogP contribution in [0.15, 0.2) is 47.5 Å². The van der Waals surface area contributed by atoms with Gasteiger partial charge in [-0.2, -0.15) is 0 Å². The number of carbonyl (C=O) groups is 1. The maximum Gasteiger partial charge on any atom is 0.253 e. The van der Waals surface area contributed by atoms with Gasteiger partial charge in [-0.25, -0.2) is 0 Å². The Morgan fingerprint density at radius 3 is 2.52 bits per heavy atom. The highest BCUT2D eigenvalue weighted by Gasteiger charge is 2.08. The first-order valence-corrected chi connectivity index (χ1v) is 9.33. The van der Waals surface area contributed by atoms with Crippen LogP contribution >= 0.6 is 24.0 Å². The first-order valence-electron chi connectivity index (χ1n) is 9.33. The van der Waals surface area contributed by atoms with E-state index in [1.54, 1.807) is 33.2 Å². The lowest BCUT2D eigenvalue weighted by atomic mass is 10.1. The van der Waals surface area contributed by atoms with E-state index in [0.717, 1.165) is 41.4 Å². The fourth-order valence-electron chi connectivity index (χ4n) is 2.82. The highest BCUT2D eigenvalue weighted by atomic mass is 127. The molecule has 0 fully saturated rings. The van der Waals surface area contributed by atoms with E-state index in [1.807, 2.05) is 43.3 Å². The zero-order valence-corrected chi connectivity index (χ0v) is 20.1. The molecule has 0 atom stereocenters. The average molecular weight is 510 g/mol. The third kappa shape index (κ3) is 7.56. The fourth-order valence-corrected chi connectivity index (χ4v) is 2.82. The van der Waals surface area contributed by atoms with Gasteiger partial charge >= 0.3 is 0 Å². The van der Waals surface area contributed by atoms with Gasteiger partial charge in [-0.1, -0.05) is 24.3 Å². The number of hydrogen-bond acceptors (Lipinski definition) is 3. The number of methoxy groups -OCH3 is 1. The van der Waals surface area contributed by atoms with Crippen LogP contribution in [0.25, 0.3) is 0 Å². The van der Waals surface area contributed by atoms with E-state index in [-0.39, 0.29) is 29.9 Å². The van der Waals surface area contributed by atoms with Crippen LogP contribution < -0.4 is 15.4 Å². The molecule has 0 aliphatic carbocycles. The molecule has 6 nitrogen and oxygen atoms in total. The molecule has 0 aromatic heterocycles. The third-order valence-electron chi connectivity index (χ3n) is 4.44. The Balaban J connectivity index is 0.00000420. The molecule has 0 aliphatic heterocycles. The first kappa shape index (κ1) is 24.7. The van der Waals surface area contributed by atoms with E-state index in [9.17, 15) is 4.79 Å². The van der Waals surface area contributed by atoms with Crippen LogP contribution in [-0.4, -0.2) is 51.6 Å².